The molecule has 0 aliphatic carbocycles. The lowest BCUT2D eigenvalue weighted by atomic mass is 10.1. The van der Waals surface area contributed by atoms with Gasteiger partial charge >= 0.3 is 0 Å². The van der Waals surface area contributed by atoms with Crippen LogP contribution in [0.1, 0.15) is 22.8 Å². The molecule has 0 bridgehead atoms. The van der Waals surface area contributed by atoms with Crippen LogP contribution in [-0.4, -0.2) is 41.9 Å². The molecule has 18 heavy (non-hydrogen) atoms. The van der Waals surface area contributed by atoms with Crippen LogP contribution in [0.4, 0.5) is 0 Å². The third kappa shape index (κ3) is 2.93. The van der Waals surface area contributed by atoms with E-state index in [9.17, 15) is 4.79 Å². The highest BCUT2D eigenvalue weighted by Gasteiger charge is 2.27. The van der Waals surface area contributed by atoms with Gasteiger partial charge in [-0.1, -0.05) is 35.0 Å². The number of rotatable bonds is 3. The van der Waals surface area contributed by atoms with Gasteiger partial charge in [0.05, 0.1) is 19.3 Å². The number of aryl methyl sites for hydroxylation is 1. The van der Waals surface area contributed by atoms with Gasteiger partial charge in [-0.15, -0.1) is 0 Å². The third-order valence-corrected chi connectivity index (χ3v) is 4.02. The zero-order valence-corrected chi connectivity index (χ0v) is 12.1. The van der Waals surface area contributed by atoms with Crippen molar-refractivity contribution in [3.63, 3.8) is 0 Å². The summed E-state index contributed by atoms with van der Waals surface area (Å²) in [5.74, 6) is 0.102. The highest BCUT2D eigenvalue weighted by molar-refractivity contribution is 9.09. The highest BCUT2D eigenvalue weighted by Crippen LogP contribution is 2.15. The number of carbonyl (C=O) groups is 1. The summed E-state index contributed by atoms with van der Waals surface area (Å²) in [5, 5.41) is 0.756. The maximum absolute atomic E-state index is 12.4. The maximum Gasteiger partial charge on any atom is 0.254 e. The molecule has 0 saturated carbocycles. The Morgan fingerprint density at radius 3 is 2.78 bits per heavy atom. The molecule has 4 heteroatoms. The molecule has 98 valence electrons. The minimum atomic E-state index is 0.102. The van der Waals surface area contributed by atoms with Gasteiger partial charge in [0.15, 0.2) is 0 Å². The van der Waals surface area contributed by atoms with E-state index in [2.05, 4.69) is 22.9 Å². The molecule has 0 spiro atoms. The summed E-state index contributed by atoms with van der Waals surface area (Å²) in [5.41, 5.74) is 2.02. The molecule has 1 atom stereocenters. The second-order valence-corrected chi connectivity index (χ2v) is 5.08. The van der Waals surface area contributed by atoms with Crippen molar-refractivity contribution in [1.29, 1.82) is 0 Å². The summed E-state index contributed by atoms with van der Waals surface area (Å²) < 4.78 is 5.40. The van der Waals surface area contributed by atoms with Crippen LogP contribution < -0.4 is 0 Å². The van der Waals surface area contributed by atoms with E-state index in [1.165, 1.54) is 5.56 Å². The Morgan fingerprint density at radius 2 is 2.17 bits per heavy atom. The lowest BCUT2D eigenvalue weighted by Gasteiger charge is -2.34. The zero-order chi connectivity index (χ0) is 13.0. The Hall–Kier alpha value is -0.870. The van der Waals surface area contributed by atoms with Crippen LogP contribution in [0, 0.1) is 0 Å². The molecular formula is C14H18BrNO2. The normalized spacial score (nSPS) is 19.9. The lowest BCUT2D eigenvalue weighted by molar-refractivity contribution is 0.00525. The highest BCUT2D eigenvalue weighted by atomic mass is 79.9. The van der Waals surface area contributed by atoms with Crippen molar-refractivity contribution in [1.82, 2.24) is 4.90 Å². The first-order chi connectivity index (χ1) is 8.76. The molecule has 1 aliphatic rings. The number of ether oxygens (including phenoxy) is 1. The molecule has 1 amide bonds. The Morgan fingerprint density at radius 1 is 1.44 bits per heavy atom. The largest absolute Gasteiger partial charge is 0.377 e. The van der Waals surface area contributed by atoms with Crippen LogP contribution >= 0.6 is 15.9 Å². The van der Waals surface area contributed by atoms with E-state index in [0.717, 1.165) is 17.3 Å². The van der Waals surface area contributed by atoms with Gasteiger partial charge in [-0.3, -0.25) is 4.79 Å². The molecular weight excluding hydrogens is 294 g/mol. The molecule has 1 fully saturated rings. The fourth-order valence-electron chi connectivity index (χ4n) is 2.10. The van der Waals surface area contributed by atoms with Gasteiger partial charge < -0.3 is 9.64 Å². The minimum Gasteiger partial charge on any atom is -0.377 e. The molecule has 0 radical (unpaired) electrons. The van der Waals surface area contributed by atoms with Crippen molar-refractivity contribution in [3.05, 3.63) is 35.4 Å². The maximum atomic E-state index is 12.4. The number of morpholine rings is 1. The summed E-state index contributed by atoms with van der Waals surface area (Å²) in [6.45, 7) is 4.02. The van der Waals surface area contributed by atoms with E-state index in [-0.39, 0.29) is 11.9 Å². The molecule has 0 N–H and O–H groups in total. The Bertz CT molecular complexity index is 405. The van der Waals surface area contributed by atoms with Gasteiger partial charge in [-0.2, -0.15) is 0 Å². The fraction of sp³-hybridized carbons (Fsp3) is 0.500. The van der Waals surface area contributed by atoms with Crippen molar-refractivity contribution in [3.8, 4) is 0 Å². The molecule has 1 aliphatic heterocycles. The van der Waals surface area contributed by atoms with E-state index >= 15 is 0 Å². The van der Waals surface area contributed by atoms with Crippen LogP contribution in [0.3, 0.4) is 0 Å². The molecule has 1 unspecified atom stereocenters. The Labute approximate surface area is 116 Å². The zero-order valence-electron chi connectivity index (χ0n) is 10.6. The van der Waals surface area contributed by atoms with Gasteiger partial charge in [0.2, 0.25) is 0 Å². The number of amides is 1. The summed E-state index contributed by atoms with van der Waals surface area (Å²) in [6, 6.07) is 8.02. The van der Waals surface area contributed by atoms with Gasteiger partial charge in [0, 0.05) is 17.4 Å². The smallest absolute Gasteiger partial charge is 0.254 e. The van der Waals surface area contributed by atoms with E-state index in [1.807, 2.05) is 29.2 Å². The van der Waals surface area contributed by atoms with Gasteiger partial charge in [0.25, 0.3) is 5.91 Å². The SMILES string of the molecule is CCc1ccc(C(=O)N2CCOCC2CBr)cc1. The molecule has 1 saturated heterocycles. The standard InChI is InChI=1S/C14H18BrNO2/c1-2-11-3-5-12(6-4-11)14(17)16-7-8-18-10-13(16)9-15/h3-6,13H,2,7-10H2,1H3. The average Bonchev–Trinajstić information content (AvgIpc) is 2.46. The number of carbonyl (C=O) groups excluding carboxylic acids is 1. The number of hydrogen-bond donors (Lipinski definition) is 0. The van der Waals surface area contributed by atoms with E-state index < -0.39 is 0 Å². The number of hydrogen-bond acceptors (Lipinski definition) is 2. The van der Waals surface area contributed by atoms with Gasteiger partial charge in [0.1, 0.15) is 0 Å². The van der Waals surface area contributed by atoms with Crippen LogP contribution in [0.15, 0.2) is 24.3 Å². The summed E-state index contributed by atoms with van der Waals surface area (Å²) in [7, 11) is 0. The van der Waals surface area contributed by atoms with Crippen molar-refractivity contribution < 1.29 is 9.53 Å². The van der Waals surface area contributed by atoms with Crippen LogP contribution in [-0.2, 0) is 11.2 Å². The predicted molar refractivity (Wildman–Crippen MR) is 75.3 cm³/mol. The molecule has 0 aromatic heterocycles. The van der Waals surface area contributed by atoms with Gasteiger partial charge in [-0.25, -0.2) is 0 Å². The average molecular weight is 312 g/mol. The monoisotopic (exact) mass is 311 g/mol. The van der Waals surface area contributed by atoms with Crippen LogP contribution in [0.25, 0.3) is 0 Å². The summed E-state index contributed by atoms with van der Waals surface area (Å²) in [4.78, 5) is 14.3. The first-order valence-electron chi connectivity index (χ1n) is 6.30. The summed E-state index contributed by atoms with van der Waals surface area (Å²) >= 11 is 3.44. The summed E-state index contributed by atoms with van der Waals surface area (Å²) in [6.07, 6.45) is 0.996. The molecule has 2 rings (SSSR count). The number of alkyl halides is 1. The van der Waals surface area contributed by atoms with Gasteiger partial charge in [-0.05, 0) is 24.1 Å². The van der Waals surface area contributed by atoms with Crippen molar-refractivity contribution in [2.24, 2.45) is 0 Å². The van der Waals surface area contributed by atoms with E-state index in [1.54, 1.807) is 0 Å². The van der Waals surface area contributed by atoms with Crippen molar-refractivity contribution >= 4 is 21.8 Å². The minimum absolute atomic E-state index is 0.102. The second kappa shape index (κ2) is 6.34. The Balaban J connectivity index is 2.13. The lowest BCUT2D eigenvalue weighted by Crippen LogP contribution is -2.49. The second-order valence-electron chi connectivity index (χ2n) is 4.43. The number of benzene rings is 1. The molecule has 1 heterocycles. The topological polar surface area (TPSA) is 29.5 Å². The fourth-order valence-corrected chi connectivity index (χ4v) is 2.64. The van der Waals surface area contributed by atoms with Crippen LogP contribution in [0.2, 0.25) is 0 Å². The predicted octanol–water partition coefficient (Wildman–Crippen LogP) is 2.48. The molecule has 1 aromatic carbocycles. The number of halogens is 1. The first kappa shape index (κ1) is 13.6. The molecule has 3 nitrogen and oxygen atoms in total. The Kier molecular flexibility index (Phi) is 4.78. The van der Waals surface area contributed by atoms with E-state index in [0.29, 0.717) is 19.8 Å². The third-order valence-electron chi connectivity index (χ3n) is 3.28. The number of nitrogens with zero attached hydrogens (tertiary/aromatic N) is 1. The first-order valence-corrected chi connectivity index (χ1v) is 7.42. The quantitative estimate of drug-likeness (QED) is 0.803. The van der Waals surface area contributed by atoms with Crippen molar-refractivity contribution in [2.45, 2.75) is 19.4 Å². The van der Waals surface area contributed by atoms with Crippen LogP contribution in [0.5, 0.6) is 0 Å². The van der Waals surface area contributed by atoms with E-state index in [4.69, 9.17) is 4.74 Å². The van der Waals surface area contributed by atoms with Crippen molar-refractivity contribution in [2.75, 3.05) is 25.1 Å². The molecule has 1 aromatic rings.